The molecular weight excluding hydrogens is 167 g/mol. The van der Waals surface area contributed by atoms with E-state index in [9.17, 15) is 20.2 Å². The third-order valence-corrected chi connectivity index (χ3v) is 1.09. The molecule has 0 amide bonds. The second-order valence-electron chi connectivity index (χ2n) is 1.05. The third kappa shape index (κ3) is 4.98. The molecule has 0 spiro atoms. The molecule has 10 heavy (non-hydrogen) atoms. The van der Waals surface area contributed by atoms with Crippen LogP contribution in [0.1, 0.15) is 0 Å². The van der Waals surface area contributed by atoms with Crippen LogP contribution in [-0.2, 0) is 9.25 Å². The maximum Gasteiger partial charge on any atom is 0.299 e. The molecule has 58 valence electrons. The van der Waals surface area contributed by atoms with E-state index in [4.69, 9.17) is 0 Å². The standard InChI is InChI=1S/CH3N2O6P/c1-10(8-2(4)5)9-3(6)7/h1H3. The fourth-order valence-corrected chi connectivity index (χ4v) is 0.608. The maximum atomic E-state index is 9.49. The summed E-state index contributed by atoms with van der Waals surface area (Å²) in [6.45, 7) is 1.10. The summed E-state index contributed by atoms with van der Waals surface area (Å²) in [4.78, 5) is 19.0. The van der Waals surface area contributed by atoms with Crippen LogP contribution in [0.2, 0.25) is 0 Å². The summed E-state index contributed by atoms with van der Waals surface area (Å²) in [5, 5.41) is 16.7. The van der Waals surface area contributed by atoms with Gasteiger partial charge in [0.25, 0.3) is 18.5 Å². The van der Waals surface area contributed by atoms with Crippen LogP contribution in [-0.4, -0.2) is 16.8 Å². The SMILES string of the molecule is CP(O[N+](=O)[O-])O[N+](=O)[O-]. The molecule has 0 fully saturated rings. The minimum absolute atomic E-state index is 1.10. The molecule has 0 aliphatic carbocycles. The zero-order chi connectivity index (χ0) is 8.15. The molecule has 0 saturated carbocycles. The van der Waals surface area contributed by atoms with Crippen molar-refractivity contribution in [1.29, 1.82) is 0 Å². The van der Waals surface area contributed by atoms with Gasteiger partial charge in [0.05, 0.1) is 0 Å². The van der Waals surface area contributed by atoms with E-state index in [1.807, 2.05) is 0 Å². The zero-order valence-corrected chi connectivity index (χ0v) is 5.69. The number of hydrogen-bond donors (Lipinski definition) is 0. The Morgan fingerprint density at radius 1 is 1.20 bits per heavy atom. The maximum absolute atomic E-state index is 9.49. The van der Waals surface area contributed by atoms with Crippen LogP contribution in [0.4, 0.5) is 0 Å². The first-order valence-corrected chi connectivity index (χ1v) is 3.53. The molecule has 9 heteroatoms. The molecule has 0 heterocycles. The minimum atomic E-state index is -2.06. The van der Waals surface area contributed by atoms with Gasteiger partial charge in [-0.3, -0.25) is 9.25 Å². The summed E-state index contributed by atoms with van der Waals surface area (Å²) in [6, 6.07) is 0. The Morgan fingerprint density at radius 2 is 1.50 bits per heavy atom. The van der Waals surface area contributed by atoms with Crippen molar-refractivity contribution in [1.82, 2.24) is 0 Å². The Bertz CT molecular complexity index is 131. The summed E-state index contributed by atoms with van der Waals surface area (Å²) >= 11 is 0. The van der Waals surface area contributed by atoms with Crippen LogP contribution in [0.5, 0.6) is 0 Å². The monoisotopic (exact) mass is 170 g/mol. The van der Waals surface area contributed by atoms with Gasteiger partial charge < -0.3 is 0 Å². The van der Waals surface area contributed by atoms with Gasteiger partial charge in [-0.25, -0.2) is 0 Å². The summed E-state index contributed by atoms with van der Waals surface area (Å²) in [5.41, 5.74) is 0. The van der Waals surface area contributed by atoms with Crippen LogP contribution < -0.4 is 0 Å². The molecule has 0 aromatic rings. The fourth-order valence-electron chi connectivity index (χ4n) is 0.203. The summed E-state index contributed by atoms with van der Waals surface area (Å²) in [5.74, 6) is 0. The first-order chi connectivity index (χ1) is 4.52. The number of hydrogen-bond acceptors (Lipinski definition) is 6. The quantitative estimate of drug-likeness (QED) is 0.342. The second-order valence-corrected chi connectivity index (χ2v) is 2.26. The summed E-state index contributed by atoms with van der Waals surface area (Å²) in [6.07, 6.45) is 0. The zero-order valence-electron chi connectivity index (χ0n) is 4.79. The van der Waals surface area contributed by atoms with Crippen molar-refractivity contribution in [3.63, 3.8) is 0 Å². The van der Waals surface area contributed by atoms with Crippen molar-refractivity contribution in [2.75, 3.05) is 6.66 Å². The molecule has 0 aromatic carbocycles. The van der Waals surface area contributed by atoms with Crippen molar-refractivity contribution in [3.8, 4) is 0 Å². The highest BCUT2D eigenvalue weighted by Crippen LogP contribution is 2.32. The van der Waals surface area contributed by atoms with Crippen molar-refractivity contribution >= 4 is 8.38 Å². The number of nitrogens with zero attached hydrogens (tertiary/aromatic N) is 2. The van der Waals surface area contributed by atoms with Crippen LogP contribution >= 0.6 is 8.38 Å². The predicted molar refractivity (Wildman–Crippen MR) is 29.0 cm³/mol. The largest absolute Gasteiger partial charge is 0.299 e. The first-order valence-electron chi connectivity index (χ1n) is 1.91. The van der Waals surface area contributed by atoms with Gasteiger partial charge in [0.1, 0.15) is 0 Å². The Morgan fingerprint density at radius 3 is 1.70 bits per heavy atom. The first kappa shape index (κ1) is 8.83. The molecular formula is CH3N2O6P. The van der Waals surface area contributed by atoms with Crippen LogP contribution in [0.15, 0.2) is 0 Å². The van der Waals surface area contributed by atoms with Gasteiger partial charge in [0.15, 0.2) is 0 Å². The topological polar surface area (TPSA) is 105 Å². The normalized spacial score (nSPS) is 9.00. The van der Waals surface area contributed by atoms with Crippen molar-refractivity contribution < 1.29 is 19.4 Å². The molecule has 0 aliphatic rings. The Labute approximate surface area is 55.9 Å². The molecule has 8 nitrogen and oxygen atoms in total. The lowest BCUT2D eigenvalue weighted by molar-refractivity contribution is -0.745. The molecule has 0 aliphatic heterocycles. The number of rotatable bonds is 4. The molecule has 0 bridgehead atoms. The lowest BCUT2D eigenvalue weighted by Crippen LogP contribution is -2.01. The van der Waals surface area contributed by atoms with E-state index in [2.05, 4.69) is 9.25 Å². The smallest absolute Gasteiger partial charge is 0.265 e. The molecule has 0 unspecified atom stereocenters. The van der Waals surface area contributed by atoms with Gasteiger partial charge in [0.2, 0.25) is 0 Å². The molecule has 0 saturated heterocycles. The predicted octanol–water partition coefficient (Wildman–Crippen LogP) is 0.345. The van der Waals surface area contributed by atoms with Crippen molar-refractivity contribution in [2.45, 2.75) is 0 Å². The molecule has 0 rings (SSSR count). The van der Waals surface area contributed by atoms with E-state index < -0.39 is 18.5 Å². The fraction of sp³-hybridized carbons (Fsp3) is 1.00. The van der Waals surface area contributed by atoms with Gasteiger partial charge >= 0.3 is 0 Å². The average Bonchev–Trinajstić information content (AvgIpc) is 1.58. The highest BCUT2D eigenvalue weighted by molar-refractivity contribution is 7.45. The molecule has 0 radical (unpaired) electrons. The molecule has 0 N–H and O–H groups in total. The Balaban J connectivity index is 3.53. The highest BCUT2D eigenvalue weighted by Gasteiger charge is 2.11. The van der Waals surface area contributed by atoms with E-state index in [-0.39, 0.29) is 0 Å². The molecule has 0 atom stereocenters. The van der Waals surface area contributed by atoms with Crippen molar-refractivity contribution in [3.05, 3.63) is 20.2 Å². The second kappa shape index (κ2) is 3.78. The highest BCUT2D eigenvalue weighted by atomic mass is 31.2. The summed E-state index contributed by atoms with van der Waals surface area (Å²) < 4.78 is 7.37. The van der Waals surface area contributed by atoms with Crippen molar-refractivity contribution in [2.24, 2.45) is 0 Å². The average molecular weight is 170 g/mol. The summed E-state index contributed by atoms with van der Waals surface area (Å²) in [7, 11) is -2.06. The van der Waals surface area contributed by atoms with Crippen LogP contribution in [0.25, 0.3) is 0 Å². The van der Waals surface area contributed by atoms with E-state index in [1.165, 1.54) is 0 Å². The van der Waals surface area contributed by atoms with Crippen LogP contribution in [0, 0.1) is 20.2 Å². The Kier molecular flexibility index (Phi) is 3.34. The minimum Gasteiger partial charge on any atom is -0.265 e. The molecule has 0 aromatic heterocycles. The van der Waals surface area contributed by atoms with E-state index in [0.717, 1.165) is 6.66 Å². The van der Waals surface area contributed by atoms with E-state index in [1.54, 1.807) is 0 Å². The van der Waals surface area contributed by atoms with E-state index in [0.29, 0.717) is 0 Å². The van der Waals surface area contributed by atoms with Gasteiger partial charge in [-0.2, -0.15) is 0 Å². The third-order valence-electron chi connectivity index (χ3n) is 0.363. The van der Waals surface area contributed by atoms with Gasteiger partial charge in [0, 0.05) is 6.66 Å². The van der Waals surface area contributed by atoms with Crippen LogP contribution in [0.3, 0.4) is 0 Å². The van der Waals surface area contributed by atoms with Gasteiger partial charge in [-0.15, -0.1) is 20.2 Å². The lowest BCUT2D eigenvalue weighted by atomic mass is 12.0. The lowest BCUT2D eigenvalue weighted by Gasteiger charge is -2.02. The Hall–Kier alpha value is -1.17. The van der Waals surface area contributed by atoms with Gasteiger partial charge in [-0.05, 0) is 0 Å². The van der Waals surface area contributed by atoms with Gasteiger partial charge in [-0.1, -0.05) is 0 Å². The van der Waals surface area contributed by atoms with E-state index >= 15 is 0 Å².